The van der Waals surface area contributed by atoms with Gasteiger partial charge in [-0.05, 0) is 30.5 Å². The quantitative estimate of drug-likeness (QED) is 0.751. The number of nitrogens with one attached hydrogen (secondary N) is 2. The van der Waals surface area contributed by atoms with Crippen LogP contribution in [0.1, 0.15) is 18.4 Å². The van der Waals surface area contributed by atoms with Gasteiger partial charge in [-0.1, -0.05) is 6.07 Å². The maximum atomic E-state index is 5.37. The van der Waals surface area contributed by atoms with E-state index >= 15 is 0 Å². The number of hydrogen-bond donors (Lipinski definition) is 2. The van der Waals surface area contributed by atoms with E-state index in [1.165, 1.54) is 12.0 Å². The average molecular weight is 357 g/mol. The third-order valence-corrected chi connectivity index (χ3v) is 4.74. The number of ether oxygens (including phenoxy) is 2. The zero-order chi connectivity index (χ0) is 18.4. The molecule has 3 rings (SSSR count). The van der Waals surface area contributed by atoms with E-state index in [1.807, 2.05) is 25.2 Å². The highest BCUT2D eigenvalue weighted by molar-refractivity contribution is 5.49. The third-order valence-electron chi connectivity index (χ3n) is 4.74. The Balaban J connectivity index is 1.58. The van der Waals surface area contributed by atoms with Gasteiger partial charge in [0, 0.05) is 38.8 Å². The zero-order valence-corrected chi connectivity index (χ0v) is 15.7. The van der Waals surface area contributed by atoms with Crippen LogP contribution in [0.4, 0.5) is 11.6 Å². The van der Waals surface area contributed by atoms with E-state index in [-0.39, 0.29) is 0 Å². The second-order valence-corrected chi connectivity index (χ2v) is 6.32. The van der Waals surface area contributed by atoms with Crippen molar-refractivity contribution in [3.63, 3.8) is 0 Å². The van der Waals surface area contributed by atoms with Crippen molar-refractivity contribution in [2.24, 2.45) is 0 Å². The molecule has 140 valence electrons. The molecule has 26 heavy (non-hydrogen) atoms. The van der Waals surface area contributed by atoms with Crippen molar-refractivity contribution in [1.29, 1.82) is 0 Å². The Morgan fingerprint density at radius 1 is 1.15 bits per heavy atom. The standard InChI is InChI=1S/C19H27N5O2/c1-20-18-10-19(23-13-22-18)24-8-4-5-15(24)12-21-11-14-6-7-16(25-2)17(9-14)26-3/h6-7,9-10,13,15,21H,4-5,8,11-12H2,1-3H3,(H,20,22,23). The van der Waals surface area contributed by atoms with Gasteiger partial charge in [0.05, 0.1) is 14.2 Å². The van der Waals surface area contributed by atoms with Gasteiger partial charge < -0.3 is 25.0 Å². The van der Waals surface area contributed by atoms with Gasteiger partial charge in [0.1, 0.15) is 18.0 Å². The van der Waals surface area contributed by atoms with E-state index in [4.69, 9.17) is 9.47 Å². The summed E-state index contributed by atoms with van der Waals surface area (Å²) in [6.07, 6.45) is 3.97. The average Bonchev–Trinajstić information content (AvgIpc) is 3.16. The highest BCUT2D eigenvalue weighted by Crippen LogP contribution is 2.28. The van der Waals surface area contributed by atoms with Crippen LogP contribution in [0, 0.1) is 0 Å². The van der Waals surface area contributed by atoms with Gasteiger partial charge in [0.25, 0.3) is 0 Å². The first-order valence-electron chi connectivity index (χ1n) is 8.93. The molecule has 1 aromatic carbocycles. The smallest absolute Gasteiger partial charge is 0.161 e. The van der Waals surface area contributed by atoms with Gasteiger partial charge in [-0.3, -0.25) is 0 Å². The van der Waals surface area contributed by atoms with Gasteiger partial charge in [0.15, 0.2) is 11.5 Å². The van der Waals surface area contributed by atoms with Crippen LogP contribution in [0.15, 0.2) is 30.6 Å². The van der Waals surface area contributed by atoms with E-state index in [1.54, 1.807) is 20.5 Å². The number of methoxy groups -OCH3 is 2. The Kier molecular flexibility index (Phi) is 6.12. The van der Waals surface area contributed by atoms with Gasteiger partial charge in [-0.25, -0.2) is 9.97 Å². The zero-order valence-electron chi connectivity index (χ0n) is 15.7. The predicted molar refractivity (Wildman–Crippen MR) is 103 cm³/mol. The van der Waals surface area contributed by atoms with Crippen molar-refractivity contribution in [3.8, 4) is 11.5 Å². The van der Waals surface area contributed by atoms with Crippen LogP contribution in [0.3, 0.4) is 0 Å². The highest BCUT2D eigenvalue weighted by atomic mass is 16.5. The fourth-order valence-corrected chi connectivity index (χ4v) is 3.36. The Bertz CT molecular complexity index is 725. The lowest BCUT2D eigenvalue weighted by atomic mass is 10.1. The molecule has 7 nitrogen and oxygen atoms in total. The number of benzene rings is 1. The van der Waals surface area contributed by atoms with Gasteiger partial charge in [0.2, 0.25) is 0 Å². The minimum absolute atomic E-state index is 0.440. The number of nitrogens with zero attached hydrogens (tertiary/aromatic N) is 3. The minimum Gasteiger partial charge on any atom is -0.493 e. The third kappa shape index (κ3) is 4.16. The van der Waals surface area contributed by atoms with Crippen molar-refractivity contribution < 1.29 is 9.47 Å². The molecule has 1 unspecified atom stereocenters. The van der Waals surface area contributed by atoms with E-state index in [0.717, 1.165) is 49.2 Å². The van der Waals surface area contributed by atoms with E-state index in [0.29, 0.717) is 6.04 Å². The molecule has 1 aliphatic heterocycles. The van der Waals surface area contributed by atoms with Crippen molar-refractivity contribution in [2.45, 2.75) is 25.4 Å². The molecule has 0 saturated carbocycles. The van der Waals surface area contributed by atoms with E-state index in [9.17, 15) is 0 Å². The van der Waals surface area contributed by atoms with E-state index < -0.39 is 0 Å². The molecule has 1 atom stereocenters. The van der Waals surface area contributed by atoms with Crippen molar-refractivity contribution in [3.05, 3.63) is 36.2 Å². The molecular formula is C19H27N5O2. The lowest BCUT2D eigenvalue weighted by Gasteiger charge is -2.26. The van der Waals surface area contributed by atoms with Crippen LogP contribution in [0.25, 0.3) is 0 Å². The highest BCUT2D eigenvalue weighted by Gasteiger charge is 2.25. The summed E-state index contributed by atoms with van der Waals surface area (Å²) in [4.78, 5) is 11.0. The molecular weight excluding hydrogens is 330 g/mol. The molecule has 1 aromatic heterocycles. The number of hydrogen-bond acceptors (Lipinski definition) is 7. The first-order valence-corrected chi connectivity index (χ1v) is 8.93. The molecule has 0 amide bonds. The van der Waals surface area contributed by atoms with Crippen LogP contribution in [0.5, 0.6) is 11.5 Å². The van der Waals surface area contributed by atoms with E-state index in [2.05, 4.69) is 31.6 Å². The molecule has 1 aliphatic rings. The summed E-state index contributed by atoms with van der Waals surface area (Å²) in [6, 6.07) is 8.46. The van der Waals surface area contributed by atoms with Gasteiger partial charge in [-0.15, -0.1) is 0 Å². The Morgan fingerprint density at radius 3 is 2.77 bits per heavy atom. The summed E-state index contributed by atoms with van der Waals surface area (Å²) in [6.45, 7) is 2.73. The Labute approximate surface area is 154 Å². The molecule has 7 heteroatoms. The molecule has 0 bridgehead atoms. The fourth-order valence-electron chi connectivity index (χ4n) is 3.36. The molecule has 1 saturated heterocycles. The SMILES string of the molecule is CNc1cc(N2CCCC2CNCc2ccc(OC)c(OC)c2)ncn1. The largest absolute Gasteiger partial charge is 0.493 e. The molecule has 2 heterocycles. The summed E-state index contributed by atoms with van der Waals surface area (Å²) in [5, 5.41) is 6.64. The summed E-state index contributed by atoms with van der Waals surface area (Å²) in [5.41, 5.74) is 1.17. The minimum atomic E-state index is 0.440. The Hall–Kier alpha value is -2.54. The number of anilines is 2. The molecule has 1 fully saturated rings. The van der Waals surface area contributed by atoms with Crippen LogP contribution < -0.4 is 25.0 Å². The van der Waals surface area contributed by atoms with Gasteiger partial charge >= 0.3 is 0 Å². The molecule has 0 aliphatic carbocycles. The summed E-state index contributed by atoms with van der Waals surface area (Å²) in [7, 11) is 5.18. The summed E-state index contributed by atoms with van der Waals surface area (Å²) >= 11 is 0. The fraction of sp³-hybridized carbons (Fsp3) is 0.474. The van der Waals surface area contributed by atoms with Crippen LogP contribution in [-0.4, -0.2) is 50.4 Å². The van der Waals surface area contributed by atoms with Crippen LogP contribution in [-0.2, 0) is 6.54 Å². The molecule has 0 spiro atoms. The van der Waals surface area contributed by atoms with Crippen LogP contribution in [0.2, 0.25) is 0 Å². The number of rotatable bonds is 8. The van der Waals surface area contributed by atoms with Crippen LogP contribution >= 0.6 is 0 Å². The normalized spacial score (nSPS) is 16.6. The summed E-state index contributed by atoms with van der Waals surface area (Å²) in [5.74, 6) is 3.34. The lowest BCUT2D eigenvalue weighted by molar-refractivity contribution is 0.354. The summed E-state index contributed by atoms with van der Waals surface area (Å²) < 4.78 is 10.7. The van der Waals surface area contributed by atoms with Gasteiger partial charge in [-0.2, -0.15) is 0 Å². The Morgan fingerprint density at radius 2 is 2.00 bits per heavy atom. The monoisotopic (exact) mass is 357 g/mol. The first-order chi connectivity index (χ1) is 12.7. The molecule has 0 radical (unpaired) electrons. The maximum absolute atomic E-state index is 5.37. The predicted octanol–water partition coefficient (Wildman–Crippen LogP) is 2.29. The topological polar surface area (TPSA) is 71.5 Å². The molecule has 2 aromatic rings. The lowest BCUT2D eigenvalue weighted by Crippen LogP contribution is -2.38. The van der Waals surface area contributed by atoms with Crippen molar-refractivity contribution in [1.82, 2.24) is 15.3 Å². The maximum Gasteiger partial charge on any atom is 0.161 e. The molecule has 2 N–H and O–H groups in total. The second-order valence-electron chi connectivity index (χ2n) is 6.32. The number of aromatic nitrogens is 2. The van der Waals surface area contributed by atoms with Crippen molar-refractivity contribution in [2.75, 3.05) is 44.6 Å². The van der Waals surface area contributed by atoms with Crippen molar-refractivity contribution >= 4 is 11.6 Å². The first kappa shape index (κ1) is 18.3. The second kappa shape index (κ2) is 8.71.